The van der Waals surface area contributed by atoms with Gasteiger partial charge in [-0.15, -0.1) is 0 Å². The maximum Gasteiger partial charge on any atom is 0.446 e. The third-order valence-corrected chi connectivity index (χ3v) is 8.65. The number of rotatable bonds is 8. The number of piperidine rings is 1. The Balaban J connectivity index is 1.99. The lowest BCUT2D eigenvalue weighted by Gasteiger charge is -2.37. The van der Waals surface area contributed by atoms with Crippen LogP contribution in [-0.2, 0) is 14.8 Å². The van der Waals surface area contributed by atoms with Crippen molar-refractivity contribution in [3.8, 4) is 5.75 Å². The number of carboxylic acid groups (broad SMARTS) is 1. The second-order valence-corrected chi connectivity index (χ2v) is 10.1. The number of carbonyl (C=O) groups is 1. The SMILES string of the molecule is CCC(CC)(C(=O)O)S(=O)(=O)N1CCC(Oc2ccc(SC(F)(F)F)cc2)CC1. The average Bonchev–Trinajstić information content (AvgIpc) is 2.63. The van der Waals surface area contributed by atoms with Crippen molar-refractivity contribution in [1.29, 1.82) is 0 Å². The van der Waals surface area contributed by atoms with E-state index in [9.17, 15) is 31.5 Å². The van der Waals surface area contributed by atoms with E-state index >= 15 is 0 Å². The first-order valence-electron chi connectivity index (χ1n) is 9.20. The second kappa shape index (κ2) is 9.13. The predicted octanol–water partition coefficient (Wildman–Crippen LogP) is 4.11. The molecule has 0 aromatic heterocycles. The highest BCUT2D eigenvalue weighted by molar-refractivity contribution is 8.00. The maximum absolute atomic E-state index is 12.9. The summed E-state index contributed by atoms with van der Waals surface area (Å²) in [7, 11) is -4.04. The number of hydrogen-bond donors (Lipinski definition) is 1. The molecule has 1 saturated heterocycles. The zero-order chi connectivity index (χ0) is 21.9. The minimum atomic E-state index is -4.36. The smallest absolute Gasteiger partial charge is 0.446 e. The van der Waals surface area contributed by atoms with E-state index in [-0.39, 0.29) is 48.7 Å². The topological polar surface area (TPSA) is 83.9 Å². The molecule has 1 heterocycles. The average molecular weight is 456 g/mol. The van der Waals surface area contributed by atoms with E-state index in [4.69, 9.17) is 4.74 Å². The lowest BCUT2D eigenvalue weighted by atomic mass is 10.0. The summed E-state index contributed by atoms with van der Waals surface area (Å²) in [6.07, 6.45) is 0.368. The molecule has 29 heavy (non-hydrogen) atoms. The lowest BCUT2D eigenvalue weighted by Crippen LogP contribution is -2.55. The number of carboxylic acids is 1. The molecule has 1 fully saturated rings. The summed E-state index contributed by atoms with van der Waals surface area (Å²) in [5, 5.41) is 9.53. The van der Waals surface area contributed by atoms with Gasteiger partial charge in [0, 0.05) is 18.0 Å². The third-order valence-electron chi connectivity index (χ3n) is 5.13. The fourth-order valence-corrected chi connectivity index (χ4v) is 6.05. The Morgan fingerprint density at radius 1 is 1.17 bits per heavy atom. The van der Waals surface area contributed by atoms with Crippen molar-refractivity contribution in [3.63, 3.8) is 0 Å². The van der Waals surface area contributed by atoms with Gasteiger partial charge in [-0.05, 0) is 61.7 Å². The van der Waals surface area contributed by atoms with Crippen LogP contribution >= 0.6 is 11.8 Å². The van der Waals surface area contributed by atoms with Crippen LogP contribution < -0.4 is 4.74 Å². The molecule has 0 atom stereocenters. The van der Waals surface area contributed by atoms with E-state index in [1.165, 1.54) is 28.6 Å². The van der Waals surface area contributed by atoms with Crippen LogP contribution in [0.5, 0.6) is 5.75 Å². The summed E-state index contributed by atoms with van der Waals surface area (Å²) < 4.78 is 68.1. The Morgan fingerprint density at radius 3 is 2.10 bits per heavy atom. The Hall–Kier alpha value is -1.46. The number of benzene rings is 1. The Morgan fingerprint density at radius 2 is 1.69 bits per heavy atom. The van der Waals surface area contributed by atoms with Crippen molar-refractivity contribution < 1.29 is 36.2 Å². The largest absolute Gasteiger partial charge is 0.490 e. The van der Waals surface area contributed by atoms with Crippen molar-refractivity contribution in [3.05, 3.63) is 24.3 Å². The summed E-state index contributed by atoms with van der Waals surface area (Å²) >= 11 is -0.210. The first-order valence-corrected chi connectivity index (χ1v) is 11.5. The molecule has 2 rings (SSSR count). The van der Waals surface area contributed by atoms with E-state index in [1.807, 2.05) is 0 Å². The summed E-state index contributed by atoms with van der Waals surface area (Å²) in [4.78, 5) is 11.7. The Bertz CT molecular complexity index is 800. The van der Waals surface area contributed by atoms with Crippen LogP contribution in [0, 0.1) is 0 Å². The van der Waals surface area contributed by atoms with Crippen LogP contribution in [0.3, 0.4) is 0 Å². The molecule has 0 bridgehead atoms. The number of hydrogen-bond acceptors (Lipinski definition) is 5. The molecule has 1 aliphatic heterocycles. The number of halogens is 3. The molecular formula is C18H24F3NO5S2. The highest BCUT2D eigenvalue weighted by Crippen LogP contribution is 2.37. The standard InChI is InChI=1S/C18H24F3NO5S2/c1-3-17(4-2,16(23)24)29(25,26)22-11-9-14(10-12-22)27-13-5-7-15(8-6-13)28-18(19,20)21/h5-8,14H,3-4,9-12H2,1-2H3,(H,23,24). The molecule has 0 unspecified atom stereocenters. The minimum Gasteiger partial charge on any atom is -0.490 e. The number of sulfonamides is 1. The van der Waals surface area contributed by atoms with Crippen LogP contribution in [0.2, 0.25) is 0 Å². The van der Waals surface area contributed by atoms with Gasteiger partial charge in [-0.3, -0.25) is 4.79 Å². The number of alkyl halides is 3. The summed E-state index contributed by atoms with van der Waals surface area (Å²) in [5.74, 6) is -0.947. The minimum absolute atomic E-state index is 0.0279. The summed E-state index contributed by atoms with van der Waals surface area (Å²) in [5.41, 5.74) is -4.36. The highest BCUT2D eigenvalue weighted by Gasteiger charge is 2.51. The van der Waals surface area contributed by atoms with Gasteiger partial charge >= 0.3 is 11.5 Å². The van der Waals surface area contributed by atoms with Gasteiger partial charge in [-0.2, -0.15) is 13.2 Å². The van der Waals surface area contributed by atoms with Crippen molar-refractivity contribution in [2.75, 3.05) is 13.1 Å². The summed E-state index contributed by atoms with van der Waals surface area (Å²) in [6, 6.07) is 5.52. The van der Waals surface area contributed by atoms with E-state index in [0.717, 1.165) is 0 Å². The number of ether oxygens (including phenoxy) is 1. The van der Waals surface area contributed by atoms with Gasteiger partial charge in [0.25, 0.3) is 0 Å². The van der Waals surface area contributed by atoms with E-state index in [1.54, 1.807) is 13.8 Å². The fourth-order valence-electron chi connectivity index (χ4n) is 3.38. The van der Waals surface area contributed by atoms with Gasteiger partial charge in [-0.1, -0.05) is 13.8 Å². The van der Waals surface area contributed by atoms with Crippen molar-refractivity contribution >= 4 is 27.8 Å². The molecule has 164 valence electrons. The molecule has 0 amide bonds. The first kappa shape index (κ1) is 23.8. The molecule has 1 aromatic carbocycles. The monoisotopic (exact) mass is 455 g/mol. The Kier molecular flexibility index (Phi) is 7.50. The second-order valence-electron chi connectivity index (χ2n) is 6.75. The van der Waals surface area contributed by atoms with Gasteiger partial charge in [0.15, 0.2) is 4.75 Å². The van der Waals surface area contributed by atoms with Crippen LogP contribution in [0.1, 0.15) is 39.5 Å². The van der Waals surface area contributed by atoms with Crippen molar-refractivity contribution in [2.24, 2.45) is 0 Å². The third kappa shape index (κ3) is 5.37. The Labute approximate surface area is 172 Å². The van der Waals surface area contributed by atoms with E-state index in [2.05, 4.69) is 0 Å². The van der Waals surface area contributed by atoms with Crippen LogP contribution in [0.4, 0.5) is 13.2 Å². The number of aliphatic carboxylic acids is 1. The lowest BCUT2D eigenvalue weighted by molar-refractivity contribution is -0.140. The molecule has 0 saturated carbocycles. The molecule has 6 nitrogen and oxygen atoms in total. The maximum atomic E-state index is 12.9. The van der Waals surface area contributed by atoms with Gasteiger partial charge < -0.3 is 9.84 Å². The molecule has 1 aromatic rings. The molecule has 0 spiro atoms. The van der Waals surface area contributed by atoms with Gasteiger partial charge in [-0.25, -0.2) is 12.7 Å². The molecule has 1 aliphatic rings. The van der Waals surface area contributed by atoms with Crippen LogP contribution in [0.15, 0.2) is 29.2 Å². The van der Waals surface area contributed by atoms with Crippen molar-refractivity contribution in [1.82, 2.24) is 4.31 Å². The van der Waals surface area contributed by atoms with E-state index in [0.29, 0.717) is 18.6 Å². The van der Waals surface area contributed by atoms with Gasteiger partial charge in [0.2, 0.25) is 10.0 Å². The molecule has 11 heteroatoms. The quantitative estimate of drug-likeness (QED) is 0.594. The molecule has 1 N–H and O–H groups in total. The first-order chi connectivity index (χ1) is 13.4. The highest BCUT2D eigenvalue weighted by atomic mass is 32.2. The van der Waals surface area contributed by atoms with E-state index < -0.39 is 26.2 Å². The van der Waals surface area contributed by atoms with Crippen LogP contribution in [0.25, 0.3) is 0 Å². The normalized spacial score (nSPS) is 17.3. The molecular weight excluding hydrogens is 431 g/mol. The van der Waals surface area contributed by atoms with Crippen molar-refractivity contribution in [2.45, 2.75) is 60.8 Å². The fraction of sp³-hybridized carbons (Fsp3) is 0.611. The number of thioether (sulfide) groups is 1. The molecule has 0 aliphatic carbocycles. The van der Waals surface area contributed by atoms with Gasteiger partial charge in [0.1, 0.15) is 11.9 Å². The van der Waals surface area contributed by atoms with Gasteiger partial charge in [0.05, 0.1) is 0 Å². The number of nitrogens with zero attached hydrogens (tertiary/aromatic N) is 1. The summed E-state index contributed by atoms with van der Waals surface area (Å²) in [6.45, 7) is 3.35. The zero-order valence-corrected chi connectivity index (χ0v) is 17.7. The predicted molar refractivity (Wildman–Crippen MR) is 103 cm³/mol. The molecule has 0 radical (unpaired) electrons. The zero-order valence-electron chi connectivity index (χ0n) is 16.1. The van der Waals surface area contributed by atoms with Crippen LogP contribution in [-0.4, -0.2) is 53.2 Å².